The molecule has 0 aliphatic carbocycles. The van der Waals surface area contributed by atoms with Gasteiger partial charge in [0.2, 0.25) is 0 Å². The monoisotopic (exact) mass is 875 g/mol. The van der Waals surface area contributed by atoms with E-state index in [4.69, 9.17) is 28.4 Å². The van der Waals surface area contributed by atoms with E-state index in [1.165, 1.54) is 102 Å². The van der Waals surface area contributed by atoms with Gasteiger partial charge in [0.05, 0.1) is 19.8 Å². The maximum Gasteiger partial charge on any atom is 0.331 e. The summed E-state index contributed by atoms with van der Waals surface area (Å²) in [5.41, 5.74) is 0. The molecular formula is C46H82O15. The average molecular weight is 875 g/mol. The minimum absolute atomic E-state index is 0.201. The van der Waals surface area contributed by atoms with Gasteiger partial charge in [0.15, 0.2) is 18.7 Å². The van der Waals surface area contributed by atoms with Crippen LogP contribution in [0.5, 0.6) is 0 Å². The molecule has 0 bridgehead atoms. The van der Waals surface area contributed by atoms with E-state index in [0.717, 1.165) is 38.5 Å². The summed E-state index contributed by atoms with van der Waals surface area (Å²) >= 11 is 0. The number of aliphatic hydroxyl groups is 7. The second-order valence-electron chi connectivity index (χ2n) is 16.7. The largest absolute Gasteiger partial charge is 0.462 e. The van der Waals surface area contributed by atoms with E-state index >= 15 is 0 Å². The number of allylic oxidation sites excluding steroid dienone is 3. The molecule has 15 nitrogen and oxygen atoms in total. The number of carbonyl (C=O) groups excluding carboxylic acids is 2. The van der Waals surface area contributed by atoms with Crippen LogP contribution in [0, 0.1) is 0 Å². The van der Waals surface area contributed by atoms with Gasteiger partial charge in [-0.25, -0.2) is 4.79 Å². The van der Waals surface area contributed by atoms with Crippen molar-refractivity contribution in [2.45, 2.75) is 229 Å². The molecule has 0 amide bonds. The average Bonchev–Trinajstić information content (AvgIpc) is 3.25. The van der Waals surface area contributed by atoms with Crippen LogP contribution in [-0.4, -0.2) is 142 Å². The van der Waals surface area contributed by atoms with Crippen molar-refractivity contribution in [3.05, 3.63) is 24.3 Å². The van der Waals surface area contributed by atoms with Gasteiger partial charge in [-0.1, -0.05) is 154 Å². The van der Waals surface area contributed by atoms with Gasteiger partial charge in [0.25, 0.3) is 0 Å². The number of rotatable bonds is 35. The van der Waals surface area contributed by atoms with Crippen LogP contribution in [0.25, 0.3) is 0 Å². The summed E-state index contributed by atoms with van der Waals surface area (Å²) in [6.07, 6.45) is 15.7. The molecule has 4 unspecified atom stereocenters. The van der Waals surface area contributed by atoms with Gasteiger partial charge in [0.1, 0.15) is 55.4 Å². The smallest absolute Gasteiger partial charge is 0.331 e. The summed E-state index contributed by atoms with van der Waals surface area (Å²) in [5, 5.41) is 71.8. The van der Waals surface area contributed by atoms with Crippen LogP contribution >= 0.6 is 0 Å². The zero-order chi connectivity index (χ0) is 44.7. The molecule has 2 rings (SSSR count). The summed E-state index contributed by atoms with van der Waals surface area (Å²) in [6.45, 7) is 2.44. The van der Waals surface area contributed by atoms with E-state index in [1.807, 2.05) is 6.08 Å². The highest BCUT2D eigenvalue weighted by Crippen LogP contribution is 2.26. The molecule has 2 aliphatic heterocycles. The van der Waals surface area contributed by atoms with E-state index in [1.54, 1.807) is 12.2 Å². The van der Waals surface area contributed by atoms with Crippen LogP contribution in [0.4, 0.5) is 0 Å². The SMILES string of the molecule is CCCCCCCCCCCCC/C=C/C=C/C(=O)O[C@H](COC(=O)CCCCCCCCCCCC)CO[C@@H]1O[C@H](CO[C@@H]2O[C@H](CO)[C@H](O)C(O)C2O)[C@H](O)C(O)C1O. The minimum Gasteiger partial charge on any atom is -0.462 e. The number of hydrogen-bond acceptors (Lipinski definition) is 15. The predicted octanol–water partition coefficient (Wildman–Crippen LogP) is 5.21. The molecule has 61 heavy (non-hydrogen) atoms. The van der Waals surface area contributed by atoms with E-state index in [9.17, 15) is 45.3 Å². The Kier molecular flexibility index (Phi) is 31.1. The molecule has 0 aromatic carbocycles. The van der Waals surface area contributed by atoms with Crippen molar-refractivity contribution in [1.82, 2.24) is 0 Å². The van der Waals surface area contributed by atoms with E-state index in [-0.39, 0.29) is 13.0 Å². The molecule has 2 saturated heterocycles. The zero-order valence-corrected chi connectivity index (χ0v) is 37.1. The lowest BCUT2D eigenvalue weighted by Crippen LogP contribution is -2.61. The summed E-state index contributed by atoms with van der Waals surface area (Å²) in [5.74, 6) is -1.18. The first-order valence-corrected chi connectivity index (χ1v) is 23.5. The summed E-state index contributed by atoms with van der Waals surface area (Å²) < 4.78 is 33.2. The maximum atomic E-state index is 12.8. The van der Waals surface area contributed by atoms with Crippen LogP contribution in [0.1, 0.15) is 162 Å². The van der Waals surface area contributed by atoms with Crippen molar-refractivity contribution in [2.75, 3.05) is 26.4 Å². The van der Waals surface area contributed by atoms with Crippen molar-refractivity contribution in [2.24, 2.45) is 0 Å². The van der Waals surface area contributed by atoms with Gasteiger partial charge >= 0.3 is 11.9 Å². The van der Waals surface area contributed by atoms with E-state index in [0.29, 0.717) is 6.42 Å². The highest BCUT2D eigenvalue weighted by molar-refractivity contribution is 5.82. The number of unbranched alkanes of at least 4 members (excludes halogenated alkanes) is 20. The topological polar surface area (TPSA) is 231 Å². The molecule has 0 spiro atoms. The van der Waals surface area contributed by atoms with Crippen LogP contribution in [0.2, 0.25) is 0 Å². The Hall–Kier alpha value is -2.02. The second-order valence-corrected chi connectivity index (χ2v) is 16.7. The Morgan fingerprint density at radius 2 is 1.03 bits per heavy atom. The number of esters is 2. The Morgan fingerprint density at radius 1 is 0.557 bits per heavy atom. The molecule has 0 aromatic rings. The molecule has 2 fully saturated rings. The van der Waals surface area contributed by atoms with Crippen molar-refractivity contribution >= 4 is 11.9 Å². The van der Waals surface area contributed by atoms with Gasteiger partial charge in [0, 0.05) is 12.5 Å². The van der Waals surface area contributed by atoms with Crippen LogP contribution < -0.4 is 0 Å². The fourth-order valence-electron chi connectivity index (χ4n) is 7.36. The molecule has 2 heterocycles. The molecule has 7 N–H and O–H groups in total. The number of aliphatic hydroxyl groups excluding tert-OH is 7. The van der Waals surface area contributed by atoms with Crippen molar-refractivity contribution in [3.8, 4) is 0 Å². The van der Waals surface area contributed by atoms with Crippen molar-refractivity contribution in [1.29, 1.82) is 0 Å². The second kappa shape index (κ2) is 34.4. The summed E-state index contributed by atoms with van der Waals surface area (Å²) in [7, 11) is 0. The third-order valence-corrected chi connectivity index (χ3v) is 11.3. The first kappa shape index (κ1) is 55.1. The molecule has 0 aromatic heterocycles. The Labute approximate surface area is 364 Å². The van der Waals surface area contributed by atoms with Crippen molar-refractivity contribution in [3.63, 3.8) is 0 Å². The maximum absolute atomic E-state index is 12.8. The fourth-order valence-corrected chi connectivity index (χ4v) is 7.36. The molecule has 0 saturated carbocycles. The van der Waals surface area contributed by atoms with Gasteiger partial charge < -0.3 is 64.2 Å². The van der Waals surface area contributed by atoms with Crippen LogP contribution in [0.3, 0.4) is 0 Å². The highest BCUT2D eigenvalue weighted by Gasteiger charge is 2.47. The lowest BCUT2D eigenvalue weighted by molar-refractivity contribution is -0.332. The lowest BCUT2D eigenvalue weighted by atomic mass is 9.98. The van der Waals surface area contributed by atoms with E-state index < -0.39 is 99.3 Å². The highest BCUT2D eigenvalue weighted by atomic mass is 16.7. The Balaban J connectivity index is 1.88. The molecule has 356 valence electrons. The fraction of sp³-hybridized carbons (Fsp3) is 0.870. The van der Waals surface area contributed by atoms with E-state index in [2.05, 4.69) is 13.8 Å². The van der Waals surface area contributed by atoms with Gasteiger partial charge in [-0.15, -0.1) is 0 Å². The Morgan fingerprint density at radius 3 is 1.57 bits per heavy atom. The third-order valence-electron chi connectivity index (χ3n) is 11.3. The normalized spacial score (nSPS) is 27.5. The predicted molar refractivity (Wildman–Crippen MR) is 229 cm³/mol. The lowest BCUT2D eigenvalue weighted by Gasteiger charge is -2.42. The summed E-state index contributed by atoms with van der Waals surface area (Å²) in [6, 6.07) is 0. The molecule has 15 heteroatoms. The van der Waals surface area contributed by atoms with Gasteiger partial charge in [-0.3, -0.25) is 4.79 Å². The number of ether oxygens (including phenoxy) is 6. The molecular weight excluding hydrogens is 792 g/mol. The first-order valence-electron chi connectivity index (χ1n) is 23.5. The van der Waals surface area contributed by atoms with Crippen LogP contribution in [-0.2, 0) is 38.0 Å². The van der Waals surface area contributed by atoms with Gasteiger partial charge in [-0.05, 0) is 19.3 Å². The standard InChI is InChI=1S/C46H82O15/c1-3-5-7-9-11-13-15-16-17-18-19-21-23-25-27-29-38(49)59-34(31-56-37(48)28-26-24-22-20-14-12-10-8-6-4-2)32-57-45-44(55)42(53)40(51)36(61-45)33-58-46-43(54)41(52)39(50)35(30-47)60-46/h23,25,27,29,34-36,39-47,50-55H,3-22,24,26,28,30-33H2,1-2H3/b25-23+,29-27+/t34-,35-,36-,39+,40+,41?,42?,43?,44?,45-,46-/m1/s1. The zero-order valence-electron chi connectivity index (χ0n) is 37.1. The molecule has 0 radical (unpaired) electrons. The first-order chi connectivity index (χ1) is 29.5. The third kappa shape index (κ3) is 23.5. The van der Waals surface area contributed by atoms with Crippen molar-refractivity contribution < 1.29 is 73.8 Å². The van der Waals surface area contributed by atoms with Gasteiger partial charge in [-0.2, -0.15) is 0 Å². The summed E-state index contributed by atoms with van der Waals surface area (Å²) in [4.78, 5) is 25.5. The Bertz CT molecular complexity index is 1170. The quantitative estimate of drug-likeness (QED) is 0.0188. The minimum atomic E-state index is -1.78. The van der Waals surface area contributed by atoms with Crippen LogP contribution in [0.15, 0.2) is 24.3 Å². The number of hydrogen-bond donors (Lipinski definition) is 7. The molecule has 11 atom stereocenters. The molecule has 2 aliphatic rings. The number of carbonyl (C=O) groups is 2.